The number of carboxylic acid groups (broad SMARTS) is 1. The van der Waals surface area contributed by atoms with E-state index in [1.54, 1.807) is 9.36 Å². The molecule has 1 N–H and O–H groups in total. The molecule has 8 heteroatoms. The Morgan fingerprint density at radius 3 is 2.60 bits per heavy atom. The largest absolute Gasteiger partial charge is 0.476 e. The summed E-state index contributed by atoms with van der Waals surface area (Å²) >= 11 is 3.50. The van der Waals surface area contributed by atoms with E-state index in [1.165, 1.54) is 0 Å². The molecule has 0 aliphatic carbocycles. The van der Waals surface area contributed by atoms with Crippen molar-refractivity contribution in [1.82, 2.24) is 24.8 Å². The zero-order valence-electron chi connectivity index (χ0n) is 11.6. The Hall–Kier alpha value is -1.70. The van der Waals surface area contributed by atoms with Crippen LogP contribution in [0.2, 0.25) is 0 Å². The molecule has 0 bridgehead atoms. The fraction of sp³-hybridized carbons (Fsp3) is 0.500. The highest BCUT2D eigenvalue weighted by Crippen LogP contribution is 2.22. The number of carboxylic acids is 1. The third-order valence-corrected chi connectivity index (χ3v) is 4.12. The summed E-state index contributed by atoms with van der Waals surface area (Å²) < 4.78 is 4.31. The Kier molecular flexibility index (Phi) is 4.22. The number of aryl methyl sites for hydroxylation is 2. The first-order valence-corrected chi connectivity index (χ1v) is 7.08. The van der Waals surface area contributed by atoms with Crippen LogP contribution >= 0.6 is 15.9 Å². The van der Waals surface area contributed by atoms with Crippen molar-refractivity contribution in [3.8, 4) is 0 Å². The summed E-state index contributed by atoms with van der Waals surface area (Å²) in [6.07, 6.45) is 1.46. The van der Waals surface area contributed by atoms with Crippen molar-refractivity contribution in [2.45, 2.75) is 33.2 Å². The van der Waals surface area contributed by atoms with Gasteiger partial charge in [0.1, 0.15) is 0 Å². The number of hydrogen-bond acceptors (Lipinski definition) is 4. The summed E-state index contributed by atoms with van der Waals surface area (Å²) in [6, 6.07) is 0. The molecule has 0 aliphatic rings. The van der Waals surface area contributed by atoms with Gasteiger partial charge in [-0.05, 0) is 29.3 Å². The molecule has 0 unspecified atom stereocenters. The van der Waals surface area contributed by atoms with E-state index in [0.717, 1.165) is 22.3 Å². The first-order chi connectivity index (χ1) is 9.45. The van der Waals surface area contributed by atoms with E-state index in [2.05, 4.69) is 31.3 Å². The van der Waals surface area contributed by atoms with Gasteiger partial charge in [0.15, 0.2) is 5.69 Å². The third-order valence-electron chi connectivity index (χ3n) is 3.09. The first kappa shape index (κ1) is 14.7. The molecule has 0 saturated heterocycles. The Balaban J connectivity index is 2.40. The first-order valence-electron chi connectivity index (χ1n) is 6.29. The van der Waals surface area contributed by atoms with Crippen LogP contribution in [0.5, 0.6) is 0 Å². The van der Waals surface area contributed by atoms with Crippen LogP contribution < -0.4 is 0 Å². The molecule has 0 saturated carbocycles. The van der Waals surface area contributed by atoms with Crippen LogP contribution in [-0.4, -0.2) is 35.9 Å². The number of rotatable bonds is 5. The lowest BCUT2D eigenvalue weighted by molar-refractivity contribution is 0.0689. The van der Waals surface area contributed by atoms with E-state index in [9.17, 15) is 4.79 Å². The molecule has 2 heterocycles. The lowest BCUT2D eigenvalue weighted by Gasteiger charge is -2.07. The van der Waals surface area contributed by atoms with Gasteiger partial charge in [-0.25, -0.2) is 9.48 Å². The second-order valence-corrected chi connectivity index (χ2v) is 5.36. The van der Waals surface area contributed by atoms with Gasteiger partial charge in [-0.15, -0.1) is 5.10 Å². The van der Waals surface area contributed by atoms with Crippen molar-refractivity contribution in [1.29, 1.82) is 0 Å². The molecule has 2 aromatic heterocycles. The minimum absolute atomic E-state index is 0.0295. The highest BCUT2D eigenvalue weighted by molar-refractivity contribution is 9.10. The minimum atomic E-state index is -1.04. The number of carbonyl (C=O) groups is 1. The second-order valence-electron chi connectivity index (χ2n) is 4.57. The lowest BCUT2D eigenvalue weighted by Crippen LogP contribution is -2.12. The van der Waals surface area contributed by atoms with E-state index in [4.69, 9.17) is 5.11 Å². The second kappa shape index (κ2) is 5.74. The molecule has 0 atom stereocenters. The average Bonchev–Trinajstić information content (AvgIpc) is 2.87. The maximum Gasteiger partial charge on any atom is 0.358 e. The molecule has 7 nitrogen and oxygen atoms in total. The van der Waals surface area contributed by atoms with Crippen LogP contribution in [0.3, 0.4) is 0 Å². The molecule has 0 spiro atoms. The average molecular weight is 342 g/mol. The predicted octanol–water partition coefficient (Wildman–Crippen LogP) is 1.78. The Morgan fingerprint density at radius 2 is 2.10 bits per heavy atom. The highest BCUT2D eigenvalue weighted by atomic mass is 79.9. The molecule has 0 aromatic carbocycles. The third kappa shape index (κ3) is 2.60. The van der Waals surface area contributed by atoms with Crippen LogP contribution in [-0.2, 0) is 20.0 Å². The van der Waals surface area contributed by atoms with Crippen LogP contribution in [0.25, 0.3) is 0 Å². The van der Waals surface area contributed by atoms with Gasteiger partial charge in [0.2, 0.25) is 0 Å². The molecule has 2 aromatic rings. The van der Waals surface area contributed by atoms with Gasteiger partial charge < -0.3 is 5.11 Å². The smallest absolute Gasteiger partial charge is 0.358 e. The van der Waals surface area contributed by atoms with Gasteiger partial charge in [0, 0.05) is 7.05 Å². The molecular weight excluding hydrogens is 326 g/mol. The Bertz CT molecular complexity index is 647. The van der Waals surface area contributed by atoms with Crippen LogP contribution in [0.4, 0.5) is 0 Å². The van der Waals surface area contributed by atoms with Crippen molar-refractivity contribution in [2.75, 3.05) is 0 Å². The predicted molar refractivity (Wildman–Crippen MR) is 75.7 cm³/mol. The topological polar surface area (TPSA) is 85.8 Å². The van der Waals surface area contributed by atoms with Crippen LogP contribution in [0.15, 0.2) is 4.47 Å². The standard InChI is InChI=1S/C12H16BrN5O2/c1-4-5-8-11(12(19)20)14-16-18(8)6-9-10(13)7(2)15-17(9)3/h4-6H2,1-3H3,(H,19,20). The van der Waals surface area contributed by atoms with Gasteiger partial charge in [0.25, 0.3) is 0 Å². The Labute approximate surface area is 124 Å². The van der Waals surface area contributed by atoms with E-state index in [-0.39, 0.29) is 5.69 Å². The van der Waals surface area contributed by atoms with E-state index >= 15 is 0 Å². The van der Waals surface area contributed by atoms with E-state index in [1.807, 2.05) is 20.9 Å². The number of aromatic nitrogens is 5. The van der Waals surface area contributed by atoms with E-state index < -0.39 is 5.97 Å². The lowest BCUT2D eigenvalue weighted by atomic mass is 10.2. The van der Waals surface area contributed by atoms with Gasteiger partial charge in [0.05, 0.1) is 28.1 Å². The van der Waals surface area contributed by atoms with Gasteiger partial charge in [-0.3, -0.25) is 4.68 Å². The quantitative estimate of drug-likeness (QED) is 0.895. The molecule has 0 aliphatic heterocycles. The molecule has 20 heavy (non-hydrogen) atoms. The van der Waals surface area contributed by atoms with Gasteiger partial charge in [-0.2, -0.15) is 5.10 Å². The van der Waals surface area contributed by atoms with Crippen molar-refractivity contribution >= 4 is 21.9 Å². The molecule has 0 radical (unpaired) electrons. The maximum atomic E-state index is 11.2. The SMILES string of the molecule is CCCc1c(C(=O)O)nnn1Cc1c(Br)c(C)nn1C. The van der Waals surface area contributed by atoms with Crippen LogP contribution in [0, 0.1) is 6.92 Å². The highest BCUT2D eigenvalue weighted by Gasteiger charge is 2.20. The Morgan fingerprint density at radius 1 is 1.40 bits per heavy atom. The number of halogens is 1. The molecule has 0 fully saturated rings. The summed E-state index contributed by atoms with van der Waals surface area (Å²) in [6.45, 7) is 4.34. The van der Waals surface area contributed by atoms with Crippen molar-refractivity contribution in [2.24, 2.45) is 7.05 Å². The zero-order chi connectivity index (χ0) is 14.9. The molecule has 2 rings (SSSR count). The van der Waals surface area contributed by atoms with Gasteiger partial charge >= 0.3 is 5.97 Å². The fourth-order valence-corrected chi connectivity index (χ4v) is 2.57. The summed E-state index contributed by atoms with van der Waals surface area (Å²) in [7, 11) is 1.85. The minimum Gasteiger partial charge on any atom is -0.476 e. The maximum absolute atomic E-state index is 11.2. The summed E-state index contributed by atoms with van der Waals surface area (Å²) in [4.78, 5) is 11.2. The molecule has 0 amide bonds. The summed E-state index contributed by atoms with van der Waals surface area (Å²) in [5.74, 6) is -1.04. The monoisotopic (exact) mass is 341 g/mol. The number of nitrogens with zero attached hydrogens (tertiary/aromatic N) is 5. The summed E-state index contributed by atoms with van der Waals surface area (Å²) in [5, 5.41) is 21.2. The fourth-order valence-electron chi connectivity index (χ4n) is 2.10. The number of aromatic carboxylic acids is 1. The van der Waals surface area contributed by atoms with Crippen LogP contribution in [0.1, 0.15) is 40.9 Å². The van der Waals surface area contributed by atoms with Crippen molar-refractivity contribution < 1.29 is 9.90 Å². The molecule has 108 valence electrons. The van der Waals surface area contributed by atoms with Crippen molar-refractivity contribution in [3.63, 3.8) is 0 Å². The zero-order valence-corrected chi connectivity index (χ0v) is 13.2. The molecular formula is C12H16BrN5O2. The van der Waals surface area contributed by atoms with Gasteiger partial charge in [-0.1, -0.05) is 18.6 Å². The summed E-state index contributed by atoms with van der Waals surface area (Å²) in [5.41, 5.74) is 2.49. The normalized spacial score (nSPS) is 11.0. The van der Waals surface area contributed by atoms with Crippen molar-refractivity contribution in [3.05, 3.63) is 27.2 Å². The van der Waals surface area contributed by atoms with E-state index in [0.29, 0.717) is 18.7 Å². The number of hydrogen-bond donors (Lipinski definition) is 1.